The quantitative estimate of drug-likeness (QED) is 0.840. The Hall–Kier alpha value is -0.730. The molecule has 82 valence electrons. The van der Waals surface area contributed by atoms with Crippen molar-refractivity contribution in [1.29, 1.82) is 0 Å². The smallest absolute Gasteiger partial charge is 0.137 e. The molecule has 0 radical (unpaired) electrons. The number of hydrogen-bond donors (Lipinski definition) is 1. The van der Waals surface area contributed by atoms with Gasteiger partial charge in [-0.05, 0) is 23.1 Å². The Kier molecular flexibility index (Phi) is 2.44. The van der Waals surface area contributed by atoms with Crippen molar-refractivity contribution in [3.8, 4) is 5.75 Å². The predicted octanol–water partition coefficient (Wildman–Crippen LogP) is 2.80. The van der Waals surface area contributed by atoms with E-state index in [1.807, 2.05) is 18.2 Å². The molecule has 2 rings (SSSR count). The van der Waals surface area contributed by atoms with Crippen LogP contribution in [0.2, 0.25) is 5.02 Å². The summed E-state index contributed by atoms with van der Waals surface area (Å²) in [6.45, 7) is 4.36. The second-order valence-corrected chi connectivity index (χ2v) is 5.13. The van der Waals surface area contributed by atoms with Crippen LogP contribution in [0.15, 0.2) is 18.2 Å². The normalized spacial score (nSPS) is 27.5. The Morgan fingerprint density at radius 3 is 2.40 bits per heavy atom. The van der Waals surface area contributed by atoms with Crippen molar-refractivity contribution in [1.82, 2.24) is 0 Å². The van der Waals surface area contributed by atoms with Gasteiger partial charge in [-0.15, -0.1) is 0 Å². The summed E-state index contributed by atoms with van der Waals surface area (Å²) in [5.41, 5.74) is 7.42. The molecule has 1 saturated carbocycles. The number of methoxy groups -OCH3 is 1. The molecule has 15 heavy (non-hydrogen) atoms. The van der Waals surface area contributed by atoms with E-state index in [0.717, 1.165) is 0 Å². The maximum absolute atomic E-state index is 6.08. The minimum absolute atomic E-state index is 0.192. The van der Waals surface area contributed by atoms with Gasteiger partial charge in [0.25, 0.3) is 0 Å². The Morgan fingerprint density at radius 2 is 2.00 bits per heavy atom. The zero-order valence-electron chi connectivity index (χ0n) is 9.25. The van der Waals surface area contributed by atoms with Gasteiger partial charge < -0.3 is 10.5 Å². The molecule has 0 amide bonds. The van der Waals surface area contributed by atoms with E-state index in [4.69, 9.17) is 22.1 Å². The Balaban J connectivity index is 2.29. The van der Waals surface area contributed by atoms with Crippen LogP contribution in [-0.2, 0) is 0 Å². The number of ether oxygens (including phenoxy) is 1. The van der Waals surface area contributed by atoms with E-state index in [9.17, 15) is 0 Å². The van der Waals surface area contributed by atoms with Crippen LogP contribution in [0.25, 0.3) is 0 Å². The molecule has 1 aliphatic rings. The summed E-state index contributed by atoms with van der Waals surface area (Å²) in [5, 5.41) is 0.657. The third-order valence-corrected chi connectivity index (χ3v) is 3.74. The van der Waals surface area contributed by atoms with Crippen LogP contribution in [0, 0.1) is 5.41 Å². The first kappa shape index (κ1) is 10.8. The van der Waals surface area contributed by atoms with Gasteiger partial charge in [0, 0.05) is 12.0 Å². The first-order chi connectivity index (χ1) is 6.98. The van der Waals surface area contributed by atoms with Crippen LogP contribution in [0.5, 0.6) is 5.75 Å². The molecule has 0 spiro atoms. The van der Waals surface area contributed by atoms with E-state index in [2.05, 4.69) is 13.8 Å². The minimum atomic E-state index is 0.192. The van der Waals surface area contributed by atoms with Crippen molar-refractivity contribution >= 4 is 11.6 Å². The summed E-state index contributed by atoms with van der Waals surface area (Å²) in [4.78, 5) is 0. The van der Waals surface area contributed by atoms with Crippen molar-refractivity contribution < 1.29 is 4.74 Å². The van der Waals surface area contributed by atoms with Gasteiger partial charge in [0.1, 0.15) is 5.75 Å². The Labute approximate surface area is 95.4 Å². The SMILES string of the molecule is COc1ccc(C2C(N)C2(C)C)cc1Cl. The molecular formula is C12H16ClNO. The molecule has 1 aliphatic carbocycles. The average molecular weight is 226 g/mol. The third-order valence-electron chi connectivity index (χ3n) is 3.45. The van der Waals surface area contributed by atoms with E-state index in [0.29, 0.717) is 16.7 Å². The molecule has 0 aromatic heterocycles. The first-order valence-electron chi connectivity index (χ1n) is 5.07. The summed E-state index contributed by atoms with van der Waals surface area (Å²) >= 11 is 6.08. The average Bonchev–Trinajstić information content (AvgIpc) is 2.66. The summed E-state index contributed by atoms with van der Waals surface area (Å²) in [6.07, 6.45) is 0. The fraction of sp³-hybridized carbons (Fsp3) is 0.500. The van der Waals surface area contributed by atoms with Crippen molar-refractivity contribution in [2.75, 3.05) is 7.11 Å². The van der Waals surface area contributed by atoms with Crippen molar-refractivity contribution in [3.05, 3.63) is 28.8 Å². The highest BCUT2D eigenvalue weighted by atomic mass is 35.5. The summed E-state index contributed by atoms with van der Waals surface area (Å²) in [6, 6.07) is 6.14. The Bertz CT molecular complexity index is 389. The van der Waals surface area contributed by atoms with E-state index in [1.54, 1.807) is 7.11 Å². The highest BCUT2D eigenvalue weighted by molar-refractivity contribution is 6.32. The first-order valence-corrected chi connectivity index (χ1v) is 5.45. The third kappa shape index (κ3) is 1.62. The summed E-state index contributed by atoms with van der Waals surface area (Å²) in [7, 11) is 1.62. The molecule has 2 atom stereocenters. The molecule has 1 aromatic carbocycles. The van der Waals surface area contributed by atoms with Gasteiger partial charge in [-0.25, -0.2) is 0 Å². The molecule has 0 saturated heterocycles. The highest BCUT2D eigenvalue weighted by Gasteiger charge is 2.56. The lowest BCUT2D eigenvalue weighted by molar-refractivity contribution is 0.415. The van der Waals surface area contributed by atoms with E-state index in [1.165, 1.54) is 5.56 Å². The van der Waals surface area contributed by atoms with Crippen LogP contribution in [0.1, 0.15) is 25.3 Å². The molecule has 0 bridgehead atoms. The highest BCUT2D eigenvalue weighted by Crippen LogP contribution is 2.57. The number of halogens is 1. The van der Waals surface area contributed by atoms with E-state index < -0.39 is 0 Å². The lowest BCUT2D eigenvalue weighted by Crippen LogP contribution is -2.06. The van der Waals surface area contributed by atoms with Gasteiger partial charge in [0.15, 0.2) is 0 Å². The standard InChI is InChI=1S/C12H16ClNO/c1-12(2)10(11(12)14)7-4-5-9(15-3)8(13)6-7/h4-6,10-11H,14H2,1-3H3. The van der Waals surface area contributed by atoms with Crippen LogP contribution in [-0.4, -0.2) is 13.2 Å². The minimum Gasteiger partial charge on any atom is -0.495 e. The Morgan fingerprint density at radius 1 is 1.40 bits per heavy atom. The molecule has 2 unspecified atom stereocenters. The zero-order valence-corrected chi connectivity index (χ0v) is 10.0. The van der Waals surface area contributed by atoms with Gasteiger partial charge in [-0.3, -0.25) is 0 Å². The van der Waals surface area contributed by atoms with Crippen molar-refractivity contribution in [2.24, 2.45) is 11.1 Å². The zero-order chi connectivity index (χ0) is 11.2. The second kappa shape index (κ2) is 3.39. The number of benzene rings is 1. The van der Waals surface area contributed by atoms with Gasteiger partial charge in [-0.2, -0.15) is 0 Å². The van der Waals surface area contributed by atoms with Crippen LogP contribution in [0.3, 0.4) is 0 Å². The van der Waals surface area contributed by atoms with Gasteiger partial charge in [-0.1, -0.05) is 31.5 Å². The molecule has 2 nitrogen and oxygen atoms in total. The molecular weight excluding hydrogens is 210 g/mol. The van der Waals surface area contributed by atoms with Gasteiger partial charge in [0.05, 0.1) is 12.1 Å². The maximum atomic E-state index is 6.08. The number of nitrogens with two attached hydrogens (primary N) is 1. The molecule has 2 N–H and O–H groups in total. The fourth-order valence-electron chi connectivity index (χ4n) is 2.19. The molecule has 3 heteroatoms. The van der Waals surface area contributed by atoms with Crippen LogP contribution in [0.4, 0.5) is 0 Å². The molecule has 1 aromatic rings. The van der Waals surface area contributed by atoms with Crippen LogP contribution >= 0.6 is 11.6 Å². The summed E-state index contributed by atoms with van der Waals surface area (Å²) < 4.78 is 5.12. The van der Waals surface area contributed by atoms with Gasteiger partial charge >= 0.3 is 0 Å². The number of rotatable bonds is 2. The maximum Gasteiger partial charge on any atom is 0.137 e. The van der Waals surface area contributed by atoms with E-state index >= 15 is 0 Å². The van der Waals surface area contributed by atoms with Crippen LogP contribution < -0.4 is 10.5 Å². The fourth-order valence-corrected chi connectivity index (χ4v) is 2.46. The van der Waals surface area contributed by atoms with Crippen molar-refractivity contribution in [3.63, 3.8) is 0 Å². The van der Waals surface area contributed by atoms with E-state index in [-0.39, 0.29) is 11.5 Å². The molecule has 1 fully saturated rings. The molecule has 0 heterocycles. The number of hydrogen-bond acceptors (Lipinski definition) is 2. The monoisotopic (exact) mass is 225 g/mol. The summed E-state index contributed by atoms with van der Waals surface area (Å²) in [5.74, 6) is 1.13. The molecule has 0 aliphatic heterocycles. The largest absolute Gasteiger partial charge is 0.495 e. The second-order valence-electron chi connectivity index (χ2n) is 4.72. The lowest BCUT2D eigenvalue weighted by atomic mass is 10.0. The predicted molar refractivity (Wildman–Crippen MR) is 62.5 cm³/mol. The topological polar surface area (TPSA) is 35.2 Å². The van der Waals surface area contributed by atoms with Crippen molar-refractivity contribution in [2.45, 2.75) is 25.8 Å². The lowest BCUT2D eigenvalue weighted by Gasteiger charge is -2.06. The van der Waals surface area contributed by atoms with Gasteiger partial charge in [0.2, 0.25) is 0 Å².